The lowest BCUT2D eigenvalue weighted by Gasteiger charge is -2.40. The van der Waals surface area contributed by atoms with E-state index < -0.39 is 11.8 Å². The first-order chi connectivity index (χ1) is 16.3. The van der Waals surface area contributed by atoms with Gasteiger partial charge in [-0.2, -0.15) is 0 Å². The fourth-order valence-corrected chi connectivity index (χ4v) is 4.53. The zero-order valence-electron chi connectivity index (χ0n) is 19.6. The van der Waals surface area contributed by atoms with E-state index in [-0.39, 0.29) is 29.9 Å². The van der Waals surface area contributed by atoms with Crippen LogP contribution in [0.3, 0.4) is 0 Å². The summed E-state index contributed by atoms with van der Waals surface area (Å²) >= 11 is 0. The lowest BCUT2D eigenvalue weighted by Crippen LogP contribution is -2.53. The van der Waals surface area contributed by atoms with E-state index in [2.05, 4.69) is 9.88 Å². The number of hydrogen-bond donors (Lipinski definition) is 1. The zero-order chi connectivity index (χ0) is 24.4. The number of carbonyl (C=O) groups excluding carboxylic acids is 3. The highest BCUT2D eigenvalue weighted by atomic mass is 19.1. The number of aryl methyl sites for hydroxylation is 1. The largest absolute Gasteiger partial charge is 0.460 e. The maximum absolute atomic E-state index is 13.6. The van der Waals surface area contributed by atoms with Crippen LogP contribution in [0.2, 0.25) is 0 Å². The fourth-order valence-electron chi connectivity index (χ4n) is 4.53. The van der Waals surface area contributed by atoms with Crippen molar-refractivity contribution in [3.8, 4) is 0 Å². The number of nitrogens with zero attached hydrogens (tertiary/aromatic N) is 2. The Morgan fingerprint density at radius 2 is 1.85 bits per heavy atom. The number of piperazine rings is 1. The van der Waals surface area contributed by atoms with E-state index in [4.69, 9.17) is 4.74 Å². The summed E-state index contributed by atoms with van der Waals surface area (Å²) in [4.78, 5) is 45.2. The average Bonchev–Trinajstić information content (AvgIpc) is 3.14. The number of nitrogens with one attached hydrogen (secondary N) is 1. The van der Waals surface area contributed by atoms with Crippen LogP contribution in [-0.2, 0) is 16.1 Å². The molecule has 1 aliphatic heterocycles. The number of aromatic nitrogens is 1. The second-order valence-electron chi connectivity index (χ2n) is 8.64. The number of Topliss-reactive ketones (excluding diaryl/α,β-unsaturated/α-hetero) is 1. The first-order valence-electron chi connectivity index (χ1n) is 11.4. The van der Waals surface area contributed by atoms with Crippen molar-refractivity contribution in [1.82, 2.24) is 14.8 Å². The third-order valence-corrected chi connectivity index (χ3v) is 6.21. The van der Waals surface area contributed by atoms with E-state index >= 15 is 0 Å². The standard InChI is InChI=1S/C26H28FN3O4/c1-4-34-26(33)24(31)19-7-10-22-21(13-19)23(17(3)28-22)25(32)30-12-11-29(14-16(30)2)15-18-5-8-20(27)9-6-18/h5-10,13,16,28H,4,11-12,14-15H2,1-3H3/t16-/m1/s1. The molecule has 0 spiro atoms. The van der Waals surface area contributed by atoms with E-state index in [1.165, 1.54) is 12.1 Å². The smallest absolute Gasteiger partial charge is 0.379 e. The van der Waals surface area contributed by atoms with Gasteiger partial charge < -0.3 is 14.6 Å². The molecule has 0 radical (unpaired) electrons. The van der Waals surface area contributed by atoms with Crippen molar-refractivity contribution >= 4 is 28.6 Å². The van der Waals surface area contributed by atoms with E-state index in [1.54, 1.807) is 37.3 Å². The van der Waals surface area contributed by atoms with Crippen LogP contribution in [0.4, 0.5) is 4.39 Å². The van der Waals surface area contributed by atoms with Crippen LogP contribution < -0.4 is 0 Å². The topological polar surface area (TPSA) is 82.7 Å². The molecule has 1 saturated heterocycles. The molecule has 1 amide bonds. The van der Waals surface area contributed by atoms with Crippen LogP contribution in [-0.4, -0.2) is 64.7 Å². The fraction of sp³-hybridized carbons (Fsp3) is 0.346. The molecule has 0 saturated carbocycles. The van der Waals surface area contributed by atoms with Crippen molar-refractivity contribution in [1.29, 1.82) is 0 Å². The van der Waals surface area contributed by atoms with Crippen LogP contribution in [0, 0.1) is 12.7 Å². The number of halogens is 1. The number of ether oxygens (including phenoxy) is 1. The van der Waals surface area contributed by atoms with Gasteiger partial charge >= 0.3 is 5.97 Å². The molecule has 34 heavy (non-hydrogen) atoms. The number of hydrogen-bond acceptors (Lipinski definition) is 5. The molecule has 0 bridgehead atoms. The van der Waals surface area contributed by atoms with E-state index in [9.17, 15) is 18.8 Å². The van der Waals surface area contributed by atoms with Gasteiger partial charge in [0.15, 0.2) is 0 Å². The first kappa shape index (κ1) is 23.6. The summed E-state index contributed by atoms with van der Waals surface area (Å²) in [7, 11) is 0. The van der Waals surface area contributed by atoms with Gasteiger partial charge in [-0.05, 0) is 56.7 Å². The number of amides is 1. The normalized spacial score (nSPS) is 16.6. The molecule has 1 N–H and O–H groups in total. The van der Waals surface area contributed by atoms with Gasteiger partial charge in [-0.1, -0.05) is 12.1 Å². The lowest BCUT2D eigenvalue weighted by molar-refractivity contribution is -0.137. The van der Waals surface area contributed by atoms with Crippen LogP contribution in [0.1, 0.15) is 45.8 Å². The molecule has 0 unspecified atom stereocenters. The minimum atomic E-state index is -0.909. The zero-order valence-corrected chi connectivity index (χ0v) is 19.6. The van der Waals surface area contributed by atoms with E-state index in [0.29, 0.717) is 42.8 Å². The molecule has 0 aliphatic carbocycles. The predicted octanol–water partition coefficient (Wildman–Crippen LogP) is 3.71. The minimum absolute atomic E-state index is 0.0320. The number of esters is 1. The molecule has 1 aromatic heterocycles. The molecule has 1 fully saturated rings. The van der Waals surface area contributed by atoms with E-state index in [1.807, 2.05) is 18.7 Å². The Labute approximate surface area is 197 Å². The molecular formula is C26H28FN3O4. The molecule has 1 aliphatic rings. The summed E-state index contributed by atoms with van der Waals surface area (Å²) < 4.78 is 18.0. The lowest BCUT2D eigenvalue weighted by atomic mass is 10.0. The number of fused-ring (bicyclic) bond motifs is 1. The molecule has 7 nitrogen and oxygen atoms in total. The Morgan fingerprint density at radius 3 is 2.53 bits per heavy atom. The maximum Gasteiger partial charge on any atom is 0.379 e. The number of H-pyrrole nitrogens is 1. The van der Waals surface area contributed by atoms with Crippen LogP contribution in [0.5, 0.6) is 0 Å². The SMILES string of the molecule is CCOC(=O)C(=O)c1ccc2[nH]c(C)c(C(=O)N3CCN(Cc4ccc(F)cc4)C[C@H]3C)c2c1. The highest BCUT2D eigenvalue weighted by Crippen LogP contribution is 2.27. The number of ketones is 1. The summed E-state index contributed by atoms with van der Waals surface area (Å²) in [5.41, 5.74) is 3.16. The molecule has 2 aromatic carbocycles. The Hall–Kier alpha value is -3.52. The molecule has 178 valence electrons. The van der Waals surface area contributed by atoms with Crippen molar-refractivity contribution in [2.24, 2.45) is 0 Å². The number of aromatic amines is 1. The number of benzene rings is 2. The van der Waals surface area contributed by atoms with Crippen molar-refractivity contribution in [2.75, 3.05) is 26.2 Å². The van der Waals surface area contributed by atoms with Gasteiger partial charge in [0.1, 0.15) is 5.82 Å². The average molecular weight is 466 g/mol. The molecule has 4 rings (SSSR count). The third-order valence-electron chi connectivity index (χ3n) is 6.21. The summed E-state index contributed by atoms with van der Waals surface area (Å²) in [6.45, 7) is 8.22. The summed E-state index contributed by atoms with van der Waals surface area (Å²) in [5, 5.41) is 0.610. The van der Waals surface area contributed by atoms with Crippen LogP contribution in [0.25, 0.3) is 10.9 Å². The Morgan fingerprint density at radius 1 is 1.12 bits per heavy atom. The second kappa shape index (κ2) is 9.77. The van der Waals surface area contributed by atoms with Crippen LogP contribution in [0.15, 0.2) is 42.5 Å². The highest BCUT2D eigenvalue weighted by Gasteiger charge is 2.31. The van der Waals surface area contributed by atoms with Gasteiger partial charge in [0.25, 0.3) is 11.7 Å². The minimum Gasteiger partial charge on any atom is -0.460 e. The third kappa shape index (κ3) is 4.72. The number of rotatable bonds is 6. The van der Waals surface area contributed by atoms with E-state index in [0.717, 1.165) is 11.1 Å². The maximum atomic E-state index is 13.6. The summed E-state index contributed by atoms with van der Waals surface area (Å²) in [5.74, 6) is -2.01. The molecular weight excluding hydrogens is 437 g/mol. The Bertz CT molecular complexity index is 1230. The van der Waals surface area contributed by atoms with Gasteiger partial charge in [0.05, 0.1) is 12.2 Å². The number of carbonyl (C=O) groups is 3. The quantitative estimate of drug-likeness (QED) is 0.341. The van der Waals surface area contributed by atoms with Crippen molar-refractivity contribution in [3.05, 3.63) is 70.7 Å². The molecule has 2 heterocycles. The van der Waals surface area contributed by atoms with Crippen molar-refractivity contribution < 1.29 is 23.5 Å². The second-order valence-corrected chi connectivity index (χ2v) is 8.64. The van der Waals surface area contributed by atoms with Gasteiger partial charge in [-0.25, -0.2) is 9.18 Å². The molecule has 1 atom stereocenters. The van der Waals surface area contributed by atoms with Gasteiger partial charge in [0.2, 0.25) is 0 Å². The first-order valence-corrected chi connectivity index (χ1v) is 11.4. The molecule has 3 aromatic rings. The Kier molecular flexibility index (Phi) is 6.79. The highest BCUT2D eigenvalue weighted by molar-refractivity contribution is 6.41. The summed E-state index contributed by atoms with van der Waals surface area (Å²) in [6.07, 6.45) is 0. The van der Waals surface area contributed by atoms with Gasteiger partial charge in [-0.3, -0.25) is 14.5 Å². The monoisotopic (exact) mass is 465 g/mol. The van der Waals surface area contributed by atoms with Crippen molar-refractivity contribution in [3.63, 3.8) is 0 Å². The van der Waals surface area contributed by atoms with Crippen LogP contribution >= 0.6 is 0 Å². The summed E-state index contributed by atoms with van der Waals surface area (Å²) in [6, 6.07) is 11.3. The van der Waals surface area contributed by atoms with Gasteiger partial charge in [0, 0.05) is 54.4 Å². The van der Waals surface area contributed by atoms with Crippen molar-refractivity contribution in [2.45, 2.75) is 33.4 Å². The Balaban J connectivity index is 1.53. The molecule has 8 heteroatoms. The van der Waals surface area contributed by atoms with Gasteiger partial charge in [-0.15, -0.1) is 0 Å². The predicted molar refractivity (Wildman–Crippen MR) is 126 cm³/mol.